The van der Waals surface area contributed by atoms with Gasteiger partial charge in [0.15, 0.2) is 0 Å². The summed E-state index contributed by atoms with van der Waals surface area (Å²) in [6.45, 7) is 5.89. The van der Waals surface area contributed by atoms with Crippen LogP contribution in [0.25, 0.3) is 0 Å². The van der Waals surface area contributed by atoms with E-state index in [2.05, 4.69) is 42.1 Å². The topological polar surface area (TPSA) is 151 Å². The number of fused-ring (bicyclic) bond motifs is 2. The Morgan fingerprint density at radius 3 is 2.05 bits per heavy atom. The molecule has 11 nitrogen and oxygen atoms in total. The molecule has 1 saturated carbocycles. The molecule has 2 aromatic rings. The summed E-state index contributed by atoms with van der Waals surface area (Å²) in [4.78, 5) is 37.5. The van der Waals surface area contributed by atoms with Gasteiger partial charge in [-0.2, -0.15) is 26.3 Å². The van der Waals surface area contributed by atoms with Gasteiger partial charge < -0.3 is 20.1 Å². The van der Waals surface area contributed by atoms with Crippen LogP contribution in [0.3, 0.4) is 0 Å². The van der Waals surface area contributed by atoms with Gasteiger partial charge in [0.1, 0.15) is 5.82 Å². The van der Waals surface area contributed by atoms with Crippen molar-refractivity contribution in [1.82, 2.24) is 30.0 Å². The zero-order valence-corrected chi connectivity index (χ0v) is 21.7. The predicted molar refractivity (Wildman–Crippen MR) is 127 cm³/mol. The van der Waals surface area contributed by atoms with Crippen molar-refractivity contribution in [2.45, 2.75) is 64.1 Å². The van der Waals surface area contributed by atoms with Crippen LogP contribution in [0, 0.1) is 18.8 Å². The molecular formula is C24H28F6N6O5. The maximum Gasteiger partial charge on any atom is 0.490 e. The molecule has 1 aliphatic carbocycles. The van der Waals surface area contributed by atoms with Crippen molar-refractivity contribution in [3.8, 4) is 0 Å². The van der Waals surface area contributed by atoms with Gasteiger partial charge in [-0.3, -0.25) is 14.7 Å². The number of aliphatic carboxylic acids is 2. The molecule has 41 heavy (non-hydrogen) atoms. The molecular weight excluding hydrogens is 566 g/mol. The van der Waals surface area contributed by atoms with Crippen LogP contribution in [0.2, 0.25) is 0 Å². The lowest BCUT2D eigenvalue weighted by atomic mass is 9.89. The second-order valence-corrected chi connectivity index (χ2v) is 9.95. The summed E-state index contributed by atoms with van der Waals surface area (Å²) in [6, 6.07) is 6.54. The van der Waals surface area contributed by atoms with E-state index >= 15 is 0 Å². The molecule has 3 N–H and O–H groups in total. The highest BCUT2D eigenvalue weighted by Gasteiger charge is 2.40. The molecule has 226 valence electrons. The van der Waals surface area contributed by atoms with Gasteiger partial charge in [-0.05, 0) is 50.2 Å². The van der Waals surface area contributed by atoms with Crippen LogP contribution in [0.1, 0.15) is 47.1 Å². The van der Waals surface area contributed by atoms with E-state index in [1.54, 1.807) is 0 Å². The Labute approximate surface area is 229 Å². The third-order valence-corrected chi connectivity index (χ3v) is 6.80. The first-order valence-corrected chi connectivity index (χ1v) is 12.5. The number of likely N-dealkylation sites (tertiary alicyclic amines) is 1. The summed E-state index contributed by atoms with van der Waals surface area (Å²) in [5, 5.41) is 25.9. The standard InChI is InChI=1S/C20H26N6O.2C2HF3O2/c1-13-4-2-7-17(21-13)12-25-9-14-8-18-23-24-19(26(18)11-15(14)10-25)20(27)22-16-5-3-6-16;2*3-2(4,5)1(6)7/h2,4,7,14-16H,3,5-6,8-12H2,1H3,(H,22,27);2*(H,6,7). The Bertz CT molecular complexity index is 1220. The Morgan fingerprint density at radius 2 is 1.54 bits per heavy atom. The van der Waals surface area contributed by atoms with Crippen LogP contribution < -0.4 is 5.32 Å². The Kier molecular flexibility index (Phi) is 9.94. The zero-order chi connectivity index (χ0) is 30.5. The molecule has 4 heterocycles. The minimum Gasteiger partial charge on any atom is -0.475 e. The largest absolute Gasteiger partial charge is 0.490 e. The number of hydrogen-bond acceptors (Lipinski definition) is 7. The van der Waals surface area contributed by atoms with Crippen molar-refractivity contribution in [3.05, 3.63) is 41.2 Å². The first kappa shape index (κ1) is 31.8. The number of nitrogens with one attached hydrogen (secondary N) is 1. The fourth-order valence-corrected chi connectivity index (χ4v) is 4.64. The summed E-state index contributed by atoms with van der Waals surface area (Å²) >= 11 is 0. The molecule has 2 unspecified atom stereocenters. The van der Waals surface area contributed by atoms with E-state index in [9.17, 15) is 31.1 Å². The van der Waals surface area contributed by atoms with E-state index < -0.39 is 24.3 Å². The van der Waals surface area contributed by atoms with Gasteiger partial charge in [0.25, 0.3) is 5.91 Å². The van der Waals surface area contributed by atoms with E-state index in [4.69, 9.17) is 19.8 Å². The lowest BCUT2D eigenvalue weighted by molar-refractivity contribution is -0.193. The Morgan fingerprint density at radius 1 is 0.951 bits per heavy atom. The highest BCUT2D eigenvalue weighted by molar-refractivity contribution is 5.91. The number of carbonyl (C=O) groups is 3. The van der Waals surface area contributed by atoms with Crippen LogP contribution in [0.5, 0.6) is 0 Å². The SMILES string of the molecule is Cc1cccc(CN2CC3Cc4nnc(C(=O)NC5CCC5)n4CC3C2)n1.O=C(O)C(F)(F)F.O=C(O)C(F)(F)F. The summed E-state index contributed by atoms with van der Waals surface area (Å²) in [5.74, 6) is -2.97. The molecule has 5 rings (SSSR count). The number of alkyl halides is 6. The molecule has 1 amide bonds. The number of carboxylic acid groups (broad SMARTS) is 2. The quantitative estimate of drug-likeness (QED) is 0.454. The van der Waals surface area contributed by atoms with Crippen LogP contribution in [-0.4, -0.2) is 84.2 Å². The van der Waals surface area contributed by atoms with Crippen LogP contribution >= 0.6 is 0 Å². The first-order chi connectivity index (χ1) is 19.0. The van der Waals surface area contributed by atoms with Gasteiger partial charge in [-0.1, -0.05) is 6.07 Å². The molecule has 2 atom stereocenters. The maximum absolute atomic E-state index is 12.6. The van der Waals surface area contributed by atoms with Crippen molar-refractivity contribution in [1.29, 1.82) is 0 Å². The monoisotopic (exact) mass is 594 g/mol. The highest BCUT2D eigenvalue weighted by Crippen LogP contribution is 2.33. The predicted octanol–water partition coefficient (Wildman–Crippen LogP) is 2.83. The van der Waals surface area contributed by atoms with Crippen molar-refractivity contribution in [2.75, 3.05) is 13.1 Å². The number of amides is 1. The number of rotatable bonds is 4. The van der Waals surface area contributed by atoms with E-state index in [1.165, 1.54) is 6.42 Å². The van der Waals surface area contributed by atoms with Gasteiger partial charge >= 0.3 is 24.3 Å². The number of nitrogens with zero attached hydrogens (tertiary/aromatic N) is 5. The van der Waals surface area contributed by atoms with Crippen molar-refractivity contribution < 1.29 is 50.9 Å². The van der Waals surface area contributed by atoms with E-state index in [0.29, 0.717) is 23.7 Å². The molecule has 2 fully saturated rings. The fourth-order valence-electron chi connectivity index (χ4n) is 4.64. The third kappa shape index (κ3) is 8.86. The average Bonchev–Trinajstić information content (AvgIpc) is 3.42. The molecule has 0 bridgehead atoms. The first-order valence-electron chi connectivity index (χ1n) is 12.5. The van der Waals surface area contributed by atoms with Gasteiger partial charge in [-0.15, -0.1) is 10.2 Å². The lowest BCUT2D eigenvalue weighted by Crippen LogP contribution is -2.41. The second kappa shape index (κ2) is 12.8. The number of carboxylic acids is 2. The van der Waals surface area contributed by atoms with Crippen molar-refractivity contribution in [2.24, 2.45) is 11.8 Å². The second-order valence-electron chi connectivity index (χ2n) is 9.95. The highest BCUT2D eigenvalue weighted by atomic mass is 19.4. The molecule has 1 saturated heterocycles. The zero-order valence-electron chi connectivity index (χ0n) is 21.7. The molecule has 17 heteroatoms. The van der Waals surface area contributed by atoms with Crippen LogP contribution in [0.15, 0.2) is 18.2 Å². The van der Waals surface area contributed by atoms with E-state index in [0.717, 1.165) is 62.7 Å². The van der Waals surface area contributed by atoms with Crippen LogP contribution in [0.4, 0.5) is 26.3 Å². The molecule has 2 aliphatic heterocycles. The third-order valence-electron chi connectivity index (χ3n) is 6.80. The smallest absolute Gasteiger partial charge is 0.475 e. The lowest BCUT2D eigenvalue weighted by Gasteiger charge is -2.28. The summed E-state index contributed by atoms with van der Waals surface area (Å²) < 4.78 is 65.5. The van der Waals surface area contributed by atoms with Gasteiger partial charge in [0, 0.05) is 44.3 Å². The average molecular weight is 595 g/mol. The number of aryl methyl sites for hydroxylation is 1. The molecule has 3 aliphatic rings. The molecule has 0 radical (unpaired) electrons. The van der Waals surface area contributed by atoms with Crippen LogP contribution in [-0.2, 0) is 29.1 Å². The maximum atomic E-state index is 12.6. The number of hydrogen-bond donors (Lipinski definition) is 3. The number of pyridine rings is 1. The minimum atomic E-state index is -5.08. The summed E-state index contributed by atoms with van der Waals surface area (Å²) in [5.41, 5.74) is 2.20. The van der Waals surface area contributed by atoms with E-state index in [-0.39, 0.29) is 5.91 Å². The number of carbonyl (C=O) groups excluding carboxylic acids is 1. The minimum absolute atomic E-state index is 0.0595. The summed E-state index contributed by atoms with van der Waals surface area (Å²) in [6.07, 6.45) is -5.89. The number of aromatic nitrogens is 4. The van der Waals surface area contributed by atoms with Crippen molar-refractivity contribution in [3.63, 3.8) is 0 Å². The molecule has 0 aromatic carbocycles. The van der Waals surface area contributed by atoms with Gasteiger partial charge in [0.2, 0.25) is 5.82 Å². The van der Waals surface area contributed by atoms with Crippen molar-refractivity contribution >= 4 is 17.8 Å². The van der Waals surface area contributed by atoms with Gasteiger partial charge in [-0.25, -0.2) is 9.59 Å². The normalized spacial score (nSPS) is 20.3. The number of halogens is 6. The molecule has 2 aromatic heterocycles. The molecule has 0 spiro atoms. The van der Waals surface area contributed by atoms with Gasteiger partial charge in [0.05, 0.1) is 5.69 Å². The Hall–Kier alpha value is -3.76. The van der Waals surface area contributed by atoms with E-state index in [1.807, 2.05) is 13.0 Å². The summed E-state index contributed by atoms with van der Waals surface area (Å²) in [7, 11) is 0. The Balaban J connectivity index is 0.000000276. The fraction of sp³-hybridized carbons (Fsp3) is 0.583.